The number of rotatable bonds is 5. The minimum atomic E-state index is -0.400. The van der Waals surface area contributed by atoms with E-state index in [2.05, 4.69) is 22.2 Å². The summed E-state index contributed by atoms with van der Waals surface area (Å²) in [4.78, 5) is 30.0. The van der Waals surface area contributed by atoms with Gasteiger partial charge in [0, 0.05) is 41.8 Å². The van der Waals surface area contributed by atoms with E-state index in [-0.39, 0.29) is 5.91 Å². The second-order valence-corrected chi connectivity index (χ2v) is 7.68. The number of hydrogen-bond donors (Lipinski definition) is 1. The summed E-state index contributed by atoms with van der Waals surface area (Å²) < 4.78 is 0. The Bertz CT molecular complexity index is 739. The van der Waals surface area contributed by atoms with Crippen LogP contribution in [0.25, 0.3) is 0 Å². The monoisotopic (exact) mass is 377 g/mol. The van der Waals surface area contributed by atoms with Gasteiger partial charge in [0.1, 0.15) is 6.04 Å². The van der Waals surface area contributed by atoms with Crippen molar-refractivity contribution in [1.29, 1.82) is 0 Å². The number of piperazine rings is 1. The van der Waals surface area contributed by atoms with Gasteiger partial charge in [-0.1, -0.05) is 11.6 Å². The molecule has 2 heterocycles. The lowest BCUT2D eigenvalue weighted by Crippen LogP contribution is -2.48. The SMILES string of the molecule is CN1CCN(C(C(=O)Nc2ccc(Cl)cc2)c2ccc(C=O)s2)CC1. The molecule has 5 nitrogen and oxygen atoms in total. The first-order valence-corrected chi connectivity index (χ1v) is 9.30. The molecule has 1 atom stereocenters. The van der Waals surface area contributed by atoms with Gasteiger partial charge in [0.2, 0.25) is 5.91 Å². The first kappa shape index (κ1) is 18.1. The molecule has 3 rings (SSSR count). The number of likely N-dealkylation sites (N-methyl/N-ethyl adjacent to an activating group) is 1. The van der Waals surface area contributed by atoms with Crippen molar-refractivity contribution in [2.75, 3.05) is 38.5 Å². The van der Waals surface area contributed by atoms with Gasteiger partial charge in [-0.15, -0.1) is 11.3 Å². The van der Waals surface area contributed by atoms with Crippen molar-refractivity contribution in [2.45, 2.75) is 6.04 Å². The zero-order valence-electron chi connectivity index (χ0n) is 13.9. The third-order valence-electron chi connectivity index (χ3n) is 4.30. The summed E-state index contributed by atoms with van der Waals surface area (Å²) in [5.74, 6) is -0.0915. The van der Waals surface area contributed by atoms with E-state index in [4.69, 9.17) is 11.6 Å². The summed E-state index contributed by atoms with van der Waals surface area (Å²) in [6, 6.07) is 10.3. The summed E-state index contributed by atoms with van der Waals surface area (Å²) in [5, 5.41) is 3.60. The van der Waals surface area contributed by atoms with E-state index in [1.54, 1.807) is 30.3 Å². The van der Waals surface area contributed by atoms with Crippen molar-refractivity contribution in [3.8, 4) is 0 Å². The highest BCUT2D eigenvalue weighted by Crippen LogP contribution is 2.29. The lowest BCUT2D eigenvalue weighted by Gasteiger charge is -2.36. The average Bonchev–Trinajstić information content (AvgIpc) is 3.07. The van der Waals surface area contributed by atoms with Crippen molar-refractivity contribution in [1.82, 2.24) is 9.80 Å². The molecule has 7 heteroatoms. The van der Waals surface area contributed by atoms with E-state index in [1.807, 2.05) is 6.07 Å². The Labute approximate surface area is 156 Å². The molecule has 1 fully saturated rings. The van der Waals surface area contributed by atoms with E-state index in [9.17, 15) is 9.59 Å². The molecule has 2 aromatic rings. The smallest absolute Gasteiger partial charge is 0.247 e. The molecule has 0 saturated carbocycles. The molecule has 1 amide bonds. The molecule has 1 saturated heterocycles. The molecule has 1 aliphatic heterocycles. The number of nitrogens with zero attached hydrogens (tertiary/aromatic N) is 2. The number of amides is 1. The number of carbonyl (C=O) groups excluding carboxylic acids is 2. The number of halogens is 1. The average molecular weight is 378 g/mol. The van der Waals surface area contributed by atoms with E-state index in [1.165, 1.54) is 11.3 Å². The van der Waals surface area contributed by atoms with Crippen molar-refractivity contribution >= 4 is 40.8 Å². The van der Waals surface area contributed by atoms with Gasteiger partial charge in [-0.25, -0.2) is 0 Å². The molecular formula is C18H20ClN3O2S. The van der Waals surface area contributed by atoms with Crippen LogP contribution in [0.2, 0.25) is 5.02 Å². The van der Waals surface area contributed by atoms with Gasteiger partial charge in [-0.2, -0.15) is 0 Å². The largest absolute Gasteiger partial charge is 0.324 e. The predicted octanol–water partition coefficient (Wildman–Crippen LogP) is 3.14. The van der Waals surface area contributed by atoms with Gasteiger partial charge >= 0.3 is 0 Å². The summed E-state index contributed by atoms with van der Waals surface area (Å²) in [6.07, 6.45) is 0.826. The maximum Gasteiger partial charge on any atom is 0.247 e. The maximum atomic E-state index is 13.0. The molecule has 0 aliphatic carbocycles. The topological polar surface area (TPSA) is 52.6 Å². The number of aldehydes is 1. The fourth-order valence-electron chi connectivity index (χ4n) is 2.88. The van der Waals surface area contributed by atoms with Crippen molar-refractivity contribution in [3.05, 3.63) is 51.2 Å². The molecule has 1 aromatic heterocycles. The molecular weight excluding hydrogens is 358 g/mol. The Morgan fingerprint density at radius 1 is 1.16 bits per heavy atom. The second-order valence-electron chi connectivity index (χ2n) is 6.10. The van der Waals surface area contributed by atoms with Crippen LogP contribution in [0.1, 0.15) is 20.6 Å². The standard InChI is InChI=1S/C18H20ClN3O2S/c1-21-8-10-22(11-9-21)17(16-7-6-15(12-23)25-16)18(24)20-14-4-2-13(19)3-5-14/h2-7,12,17H,8-11H2,1H3,(H,20,24). The fraction of sp³-hybridized carbons (Fsp3) is 0.333. The third kappa shape index (κ3) is 4.46. The molecule has 132 valence electrons. The predicted molar refractivity (Wildman–Crippen MR) is 102 cm³/mol. The van der Waals surface area contributed by atoms with Gasteiger partial charge in [-0.05, 0) is 43.4 Å². The van der Waals surface area contributed by atoms with Crippen LogP contribution in [0.4, 0.5) is 5.69 Å². The molecule has 0 spiro atoms. The van der Waals surface area contributed by atoms with E-state index in [0.717, 1.165) is 37.3 Å². The molecule has 1 unspecified atom stereocenters. The highest BCUT2D eigenvalue weighted by molar-refractivity contribution is 7.13. The molecule has 0 bridgehead atoms. The minimum Gasteiger partial charge on any atom is -0.324 e. The van der Waals surface area contributed by atoms with Gasteiger partial charge in [-0.3, -0.25) is 14.5 Å². The van der Waals surface area contributed by atoms with E-state index < -0.39 is 6.04 Å². The lowest BCUT2D eigenvalue weighted by atomic mass is 10.1. The number of thiophene rings is 1. The molecule has 0 radical (unpaired) electrons. The zero-order valence-corrected chi connectivity index (χ0v) is 15.5. The normalized spacial score (nSPS) is 17.2. The number of hydrogen-bond acceptors (Lipinski definition) is 5. The fourth-order valence-corrected chi connectivity index (χ4v) is 3.96. The number of benzene rings is 1. The Balaban J connectivity index is 1.82. The number of nitrogens with one attached hydrogen (secondary N) is 1. The van der Waals surface area contributed by atoms with Gasteiger partial charge in [0.05, 0.1) is 4.88 Å². The van der Waals surface area contributed by atoms with Crippen LogP contribution in [0, 0.1) is 0 Å². The molecule has 1 aliphatic rings. The van der Waals surface area contributed by atoms with Crippen LogP contribution in [-0.4, -0.2) is 55.2 Å². The van der Waals surface area contributed by atoms with Crippen LogP contribution in [0.5, 0.6) is 0 Å². The Hall–Kier alpha value is -1.73. The van der Waals surface area contributed by atoms with Gasteiger partial charge < -0.3 is 10.2 Å². The summed E-state index contributed by atoms with van der Waals surface area (Å²) in [6.45, 7) is 3.44. The van der Waals surface area contributed by atoms with Crippen LogP contribution in [0.15, 0.2) is 36.4 Å². The quantitative estimate of drug-likeness (QED) is 0.813. The Kier molecular flexibility index (Phi) is 5.86. The summed E-state index contributed by atoms with van der Waals surface area (Å²) in [5.41, 5.74) is 0.709. The van der Waals surface area contributed by atoms with Gasteiger partial charge in [0.15, 0.2) is 6.29 Å². The van der Waals surface area contributed by atoms with Gasteiger partial charge in [0.25, 0.3) is 0 Å². The lowest BCUT2D eigenvalue weighted by molar-refractivity contribution is -0.122. The minimum absolute atomic E-state index is 0.0915. The third-order valence-corrected chi connectivity index (χ3v) is 5.61. The molecule has 25 heavy (non-hydrogen) atoms. The highest BCUT2D eigenvalue weighted by atomic mass is 35.5. The van der Waals surface area contributed by atoms with Crippen LogP contribution >= 0.6 is 22.9 Å². The molecule has 1 N–H and O–H groups in total. The Morgan fingerprint density at radius 3 is 2.44 bits per heavy atom. The van der Waals surface area contributed by atoms with Crippen LogP contribution in [-0.2, 0) is 4.79 Å². The highest BCUT2D eigenvalue weighted by Gasteiger charge is 2.31. The van der Waals surface area contributed by atoms with Crippen molar-refractivity contribution < 1.29 is 9.59 Å². The van der Waals surface area contributed by atoms with E-state index >= 15 is 0 Å². The summed E-state index contributed by atoms with van der Waals surface area (Å²) in [7, 11) is 2.08. The first-order chi connectivity index (χ1) is 12.1. The number of anilines is 1. The zero-order chi connectivity index (χ0) is 17.8. The molecule has 1 aromatic carbocycles. The first-order valence-electron chi connectivity index (χ1n) is 8.11. The van der Waals surface area contributed by atoms with Crippen molar-refractivity contribution in [2.24, 2.45) is 0 Å². The van der Waals surface area contributed by atoms with Crippen LogP contribution < -0.4 is 5.32 Å². The maximum absolute atomic E-state index is 13.0. The summed E-state index contributed by atoms with van der Waals surface area (Å²) >= 11 is 7.28. The number of carbonyl (C=O) groups is 2. The second kappa shape index (κ2) is 8.10. The Morgan fingerprint density at radius 2 is 1.84 bits per heavy atom. The van der Waals surface area contributed by atoms with Crippen molar-refractivity contribution in [3.63, 3.8) is 0 Å². The van der Waals surface area contributed by atoms with Crippen LogP contribution in [0.3, 0.4) is 0 Å². The van der Waals surface area contributed by atoms with E-state index in [0.29, 0.717) is 15.6 Å².